The molecule has 4 aliphatic rings. The van der Waals surface area contributed by atoms with Crippen molar-refractivity contribution in [3.8, 4) is 0 Å². The fraction of sp³-hybridized carbons (Fsp3) is 0.593. The average molecular weight is 486 g/mol. The summed E-state index contributed by atoms with van der Waals surface area (Å²) < 4.78 is 11.2. The van der Waals surface area contributed by atoms with Gasteiger partial charge < -0.3 is 24.6 Å². The van der Waals surface area contributed by atoms with E-state index in [0.29, 0.717) is 37.1 Å². The molecule has 2 N–H and O–H groups in total. The Morgan fingerprint density at radius 1 is 1.14 bits per heavy atom. The number of allylic oxidation sites excluding steroid dienone is 1. The van der Waals surface area contributed by atoms with E-state index in [4.69, 9.17) is 9.47 Å². The number of hydrogen-bond donors (Lipinski definition) is 2. The summed E-state index contributed by atoms with van der Waals surface area (Å²) in [5, 5.41) is 22.2. The summed E-state index contributed by atoms with van der Waals surface area (Å²) in [6.45, 7) is 11.9. The van der Waals surface area contributed by atoms with Crippen LogP contribution >= 0.6 is 0 Å². The van der Waals surface area contributed by atoms with Crippen LogP contribution in [0.5, 0.6) is 0 Å². The minimum absolute atomic E-state index is 0.00454. The summed E-state index contributed by atoms with van der Waals surface area (Å²) in [6.07, 6.45) is 3.55. The van der Waals surface area contributed by atoms with Gasteiger partial charge in [-0.15, -0.1) is 13.2 Å². The molecule has 1 aliphatic heterocycles. The predicted molar refractivity (Wildman–Crippen MR) is 128 cm³/mol. The van der Waals surface area contributed by atoms with E-state index in [0.717, 1.165) is 0 Å². The van der Waals surface area contributed by atoms with E-state index >= 15 is 0 Å². The van der Waals surface area contributed by atoms with Crippen LogP contribution in [0.2, 0.25) is 0 Å². The van der Waals surface area contributed by atoms with Crippen molar-refractivity contribution in [3.63, 3.8) is 0 Å². The van der Waals surface area contributed by atoms with E-state index in [-0.39, 0.29) is 24.5 Å². The number of carbonyl (C=O) groups excluding carboxylic acids is 3. The molecule has 0 aromatic heterocycles. The molecule has 0 amide bonds. The van der Waals surface area contributed by atoms with E-state index < -0.39 is 52.6 Å². The van der Waals surface area contributed by atoms with Crippen molar-refractivity contribution in [2.45, 2.75) is 51.4 Å². The summed E-state index contributed by atoms with van der Waals surface area (Å²) >= 11 is 0. The topological polar surface area (TPSA) is 113 Å². The van der Waals surface area contributed by atoms with Gasteiger partial charge >= 0.3 is 5.97 Å². The number of methoxy groups -OCH3 is 1. The number of cyclic esters (lactones) is 1. The Bertz CT molecular complexity index is 1020. The first-order chi connectivity index (χ1) is 16.6. The summed E-state index contributed by atoms with van der Waals surface area (Å²) in [7, 11) is 1.47. The molecule has 8 nitrogen and oxygen atoms in total. The lowest BCUT2D eigenvalue weighted by Gasteiger charge is -2.55. The van der Waals surface area contributed by atoms with Gasteiger partial charge in [-0.05, 0) is 30.8 Å². The van der Waals surface area contributed by atoms with Crippen LogP contribution in [0.15, 0.2) is 48.2 Å². The maximum Gasteiger partial charge on any atom is 0.336 e. The molecule has 7 atom stereocenters. The van der Waals surface area contributed by atoms with Crippen LogP contribution < -0.4 is 0 Å². The van der Waals surface area contributed by atoms with Crippen molar-refractivity contribution in [2.75, 3.05) is 26.8 Å². The molecule has 2 fully saturated rings. The highest BCUT2D eigenvalue weighted by Gasteiger charge is 2.66. The van der Waals surface area contributed by atoms with Crippen molar-refractivity contribution >= 4 is 17.5 Å². The van der Waals surface area contributed by atoms with E-state index in [1.807, 2.05) is 6.92 Å². The summed E-state index contributed by atoms with van der Waals surface area (Å²) in [5.74, 6) is -3.54. The Morgan fingerprint density at radius 2 is 1.80 bits per heavy atom. The molecule has 0 aromatic carbocycles. The first kappa shape index (κ1) is 25.5. The number of aliphatic hydroxyl groups is 2. The molecule has 8 heteroatoms. The zero-order valence-corrected chi connectivity index (χ0v) is 20.7. The molecule has 35 heavy (non-hydrogen) atoms. The molecule has 1 heterocycles. The van der Waals surface area contributed by atoms with Gasteiger partial charge in [-0.25, -0.2) is 4.79 Å². The monoisotopic (exact) mass is 485 g/mol. The van der Waals surface area contributed by atoms with Crippen molar-refractivity contribution in [1.82, 2.24) is 4.90 Å². The lowest BCUT2D eigenvalue weighted by molar-refractivity contribution is -0.172. The SMILES string of the molecule is C=CCN(/C=C1/C(=O)O[C@H](COC)[C@]2(C)C3=C(C(=O)C(=O)C12)[C@@H]1CCC(O)[C@@]1(C)C[C@H]3O)CC=C. The molecule has 2 unspecified atom stereocenters. The third kappa shape index (κ3) is 3.65. The molecule has 190 valence electrons. The number of rotatable bonds is 7. The summed E-state index contributed by atoms with van der Waals surface area (Å²) in [4.78, 5) is 42.5. The molecule has 3 aliphatic carbocycles. The van der Waals surface area contributed by atoms with Crippen LogP contribution in [0.4, 0.5) is 0 Å². The first-order valence-corrected chi connectivity index (χ1v) is 12.1. The molecular weight excluding hydrogens is 450 g/mol. The normalized spacial score (nSPS) is 39.6. The lowest BCUT2D eigenvalue weighted by Crippen LogP contribution is -2.62. The van der Waals surface area contributed by atoms with Gasteiger partial charge in [0.1, 0.15) is 6.10 Å². The van der Waals surface area contributed by atoms with Gasteiger partial charge in [0.25, 0.3) is 0 Å². The second kappa shape index (κ2) is 9.15. The van der Waals surface area contributed by atoms with Crippen molar-refractivity contribution < 1.29 is 34.1 Å². The number of fused-ring (bicyclic) bond motifs is 4. The number of hydrogen-bond acceptors (Lipinski definition) is 8. The van der Waals surface area contributed by atoms with Crippen LogP contribution in [0.25, 0.3) is 0 Å². The van der Waals surface area contributed by atoms with Crippen molar-refractivity contribution in [2.24, 2.45) is 22.7 Å². The minimum Gasteiger partial charge on any atom is -0.456 e. The van der Waals surface area contributed by atoms with Gasteiger partial charge in [-0.2, -0.15) is 0 Å². The predicted octanol–water partition coefficient (Wildman–Crippen LogP) is 1.73. The Balaban J connectivity index is 1.95. The van der Waals surface area contributed by atoms with E-state index in [1.54, 1.807) is 30.2 Å². The summed E-state index contributed by atoms with van der Waals surface area (Å²) in [6, 6.07) is 0. The number of nitrogens with zero attached hydrogens (tertiary/aromatic N) is 1. The van der Waals surface area contributed by atoms with E-state index in [9.17, 15) is 24.6 Å². The van der Waals surface area contributed by atoms with Gasteiger partial charge in [0, 0.05) is 42.8 Å². The van der Waals surface area contributed by atoms with Crippen LogP contribution in [-0.2, 0) is 23.9 Å². The molecule has 1 saturated carbocycles. The van der Waals surface area contributed by atoms with Crippen LogP contribution in [0.3, 0.4) is 0 Å². The van der Waals surface area contributed by atoms with Crippen LogP contribution in [0, 0.1) is 22.7 Å². The number of ether oxygens (including phenoxy) is 2. The lowest BCUT2D eigenvalue weighted by atomic mass is 9.50. The van der Waals surface area contributed by atoms with Gasteiger partial charge in [-0.1, -0.05) is 26.0 Å². The van der Waals surface area contributed by atoms with Crippen LogP contribution in [0.1, 0.15) is 33.1 Å². The highest BCUT2D eigenvalue weighted by Crippen LogP contribution is 2.62. The van der Waals surface area contributed by atoms with Gasteiger partial charge in [0.2, 0.25) is 11.6 Å². The third-order valence-corrected chi connectivity index (χ3v) is 8.63. The number of Topliss-reactive ketones (excluding diaryl/α,β-unsaturated/α-hetero) is 2. The molecule has 0 bridgehead atoms. The average Bonchev–Trinajstić information content (AvgIpc) is 3.09. The standard InChI is InChI=1S/C27H35NO7/c1-6-10-28(11-7-2)13-15-21-24(32)23(31)20-16-8-9-18(30)26(16,3)12-17(29)22(20)27(21,4)19(14-34-5)35-25(15)33/h6-7,13,16-19,21,29-30H,1-2,8-12,14H2,3-5H3/b15-13+/t16-,17+,18?,19+,21?,26-,27-/m0/s1. The Hall–Kier alpha value is -2.55. The Labute approximate surface area is 206 Å². The molecule has 0 aromatic rings. The highest BCUT2D eigenvalue weighted by atomic mass is 16.6. The Morgan fingerprint density at radius 3 is 2.40 bits per heavy atom. The smallest absolute Gasteiger partial charge is 0.336 e. The van der Waals surface area contributed by atoms with Gasteiger partial charge in [0.15, 0.2) is 0 Å². The zero-order valence-electron chi connectivity index (χ0n) is 20.7. The molecule has 1 saturated heterocycles. The second-order valence-electron chi connectivity index (χ2n) is 10.6. The second-order valence-corrected chi connectivity index (χ2v) is 10.6. The third-order valence-electron chi connectivity index (χ3n) is 8.63. The van der Waals surface area contributed by atoms with E-state index in [1.165, 1.54) is 7.11 Å². The quantitative estimate of drug-likeness (QED) is 0.243. The van der Waals surface area contributed by atoms with Crippen molar-refractivity contribution in [3.05, 3.63) is 48.2 Å². The zero-order chi connectivity index (χ0) is 25.7. The number of aliphatic hydroxyl groups excluding tert-OH is 2. The number of ketones is 2. The Kier molecular flexibility index (Phi) is 6.68. The largest absolute Gasteiger partial charge is 0.456 e. The number of esters is 1. The first-order valence-electron chi connectivity index (χ1n) is 12.1. The minimum atomic E-state index is -1.18. The van der Waals surface area contributed by atoms with Gasteiger partial charge in [0.05, 0.1) is 30.3 Å². The maximum absolute atomic E-state index is 13.8. The van der Waals surface area contributed by atoms with E-state index in [2.05, 4.69) is 13.2 Å². The van der Waals surface area contributed by atoms with Crippen molar-refractivity contribution in [1.29, 1.82) is 0 Å². The summed E-state index contributed by atoms with van der Waals surface area (Å²) in [5.41, 5.74) is -1.08. The van der Waals surface area contributed by atoms with Gasteiger partial charge in [-0.3, -0.25) is 9.59 Å². The highest BCUT2D eigenvalue weighted by molar-refractivity contribution is 6.46. The fourth-order valence-electron chi connectivity index (χ4n) is 6.93. The maximum atomic E-state index is 13.8. The number of carbonyl (C=O) groups is 3. The van der Waals surface area contributed by atoms with Crippen LogP contribution in [-0.4, -0.2) is 77.8 Å². The molecule has 4 rings (SSSR count). The molecule has 0 radical (unpaired) electrons. The molecular formula is C27H35NO7. The fourth-order valence-corrected chi connectivity index (χ4v) is 6.93. The molecule has 0 spiro atoms.